The minimum atomic E-state index is -3.22. The number of carbonyl (C=O) groups is 1. The first-order chi connectivity index (χ1) is 13.6. The fraction of sp³-hybridized carbons (Fsp3) is 0.130. The Labute approximate surface area is 164 Å². The van der Waals surface area contributed by atoms with Gasteiger partial charge in [-0.15, -0.1) is 0 Å². The topological polar surface area (TPSA) is 58.5 Å². The van der Waals surface area contributed by atoms with Gasteiger partial charge in [0, 0.05) is 17.0 Å². The number of hydrazone groups is 1. The molecule has 28 heavy (non-hydrogen) atoms. The molecular weight excluding hydrogens is 367 g/mol. The summed E-state index contributed by atoms with van der Waals surface area (Å²) in [6.07, 6.45) is 0.329. The van der Waals surface area contributed by atoms with Gasteiger partial charge in [-0.2, -0.15) is 5.10 Å². The standard InChI is InChI=1S/C23H21N2O2P/c1-17-12-14-18(15-13-17)21-16-22(23(26)25-24-21)28(27,19-8-4-2-5-9-19)20-10-6-3-7-11-20/h2-15,22H,16H2,1H3,(H,25,26)/t22-/m1/s1. The summed E-state index contributed by atoms with van der Waals surface area (Å²) in [5, 5.41) is 5.63. The van der Waals surface area contributed by atoms with Crippen molar-refractivity contribution in [2.24, 2.45) is 5.10 Å². The third kappa shape index (κ3) is 3.32. The van der Waals surface area contributed by atoms with Gasteiger partial charge in [0.15, 0.2) is 7.14 Å². The molecule has 1 atom stereocenters. The molecule has 0 spiro atoms. The van der Waals surface area contributed by atoms with Crippen molar-refractivity contribution in [2.75, 3.05) is 0 Å². The summed E-state index contributed by atoms with van der Waals surface area (Å²) in [5.41, 5.74) is 4.75. The molecule has 1 aliphatic rings. The van der Waals surface area contributed by atoms with E-state index in [-0.39, 0.29) is 5.91 Å². The Kier molecular flexibility index (Phi) is 4.97. The fourth-order valence-electron chi connectivity index (χ4n) is 3.55. The molecule has 5 heteroatoms. The Bertz CT molecular complexity index is 1020. The van der Waals surface area contributed by atoms with Crippen LogP contribution < -0.4 is 16.0 Å². The summed E-state index contributed by atoms with van der Waals surface area (Å²) in [5.74, 6) is -0.299. The van der Waals surface area contributed by atoms with E-state index in [9.17, 15) is 9.36 Å². The molecule has 0 saturated heterocycles. The summed E-state index contributed by atoms with van der Waals surface area (Å²) in [6.45, 7) is 2.02. The van der Waals surface area contributed by atoms with E-state index in [2.05, 4.69) is 10.5 Å². The number of nitrogens with one attached hydrogen (secondary N) is 1. The van der Waals surface area contributed by atoms with Gasteiger partial charge in [0.25, 0.3) is 5.91 Å². The van der Waals surface area contributed by atoms with Crippen molar-refractivity contribution in [3.05, 3.63) is 96.1 Å². The molecule has 0 unspecified atom stereocenters. The number of hydrogen-bond donors (Lipinski definition) is 1. The summed E-state index contributed by atoms with van der Waals surface area (Å²) in [7, 11) is -3.22. The number of carbonyl (C=O) groups excluding carboxylic acids is 1. The molecule has 4 nitrogen and oxygen atoms in total. The van der Waals surface area contributed by atoms with Gasteiger partial charge in [-0.3, -0.25) is 4.79 Å². The average Bonchev–Trinajstić information content (AvgIpc) is 2.75. The maximum absolute atomic E-state index is 14.5. The highest BCUT2D eigenvalue weighted by Crippen LogP contribution is 2.51. The lowest BCUT2D eigenvalue weighted by atomic mass is 10.0. The number of amides is 1. The average molecular weight is 388 g/mol. The van der Waals surface area contributed by atoms with E-state index in [1.54, 1.807) is 0 Å². The van der Waals surface area contributed by atoms with Crippen molar-refractivity contribution < 1.29 is 9.36 Å². The van der Waals surface area contributed by atoms with Crippen LogP contribution in [-0.4, -0.2) is 17.3 Å². The highest BCUT2D eigenvalue weighted by molar-refractivity contribution is 7.80. The fourth-order valence-corrected chi connectivity index (χ4v) is 6.61. The Balaban J connectivity index is 1.80. The molecule has 0 radical (unpaired) electrons. The number of benzene rings is 3. The molecule has 3 aromatic carbocycles. The monoisotopic (exact) mass is 388 g/mol. The van der Waals surface area contributed by atoms with Crippen LogP contribution in [0.4, 0.5) is 0 Å². The zero-order valence-corrected chi connectivity index (χ0v) is 16.5. The van der Waals surface area contributed by atoms with Crippen molar-refractivity contribution in [2.45, 2.75) is 19.0 Å². The minimum absolute atomic E-state index is 0.299. The van der Waals surface area contributed by atoms with Crippen LogP contribution in [0.2, 0.25) is 0 Å². The highest BCUT2D eigenvalue weighted by Gasteiger charge is 2.43. The molecule has 0 aliphatic carbocycles. The largest absolute Gasteiger partial charge is 0.313 e. The number of aryl methyl sites for hydroxylation is 1. The van der Waals surface area contributed by atoms with E-state index in [1.165, 1.54) is 0 Å². The number of nitrogens with zero attached hydrogens (tertiary/aromatic N) is 1. The van der Waals surface area contributed by atoms with E-state index in [0.29, 0.717) is 17.0 Å². The maximum atomic E-state index is 14.5. The van der Waals surface area contributed by atoms with Gasteiger partial charge < -0.3 is 4.57 Å². The first-order valence-electron chi connectivity index (χ1n) is 9.23. The van der Waals surface area contributed by atoms with Gasteiger partial charge in [-0.1, -0.05) is 90.5 Å². The molecule has 0 fully saturated rings. The quantitative estimate of drug-likeness (QED) is 0.695. The van der Waals surface area contributed by atoms with Crippen molar-refractivity contribution in [1.82, 2.24) is 5.43 Å². The first kappa shape index (κ1) is 18.4. The van der Waals surface area contributed by atoms with Crippen LogP contribution in [0.15, 0.2) is 90.0 Å². The molecular formula is C23H21N2O2P. The second-order valence-electron chi connectivity index (χ2n) is 6.95. The van der Waals surface area contributed by atoms with Crippen LogP contribution in [0.1, 0.15) is 17.5 Å². The van der Waals surface area contributed by atoms with Gasteiger partial charge in [-0.05, 0) is 12.5 Å². The van der Waals surface area contributed by atoms with Gasteiger partial charge in [-0.25, -0.2) is 5.43 Å². The zero-order chi connectivity index (χ0) is 19.6. The molecule has 1 heterocycles. The highest BCUT2D eigenvalue weighted by atomic mass is 31.2. The molecule has 140 valence electrons. The van der Waals surface area contributed by atoms with E-state index in [4.69, 9.17) is 0 Å². The van der Waals surface area contributed by atoms with E-state index in [0.717, 1.165) is 16.8 Å². The van der Waals surface area contributed by atoms with Crippen molar-refractivity contribution in [3.8, 4) is 0 Å². The zero-order valence-electron chi connectivity index (χ0n) is 15.6. The van der Waals surface area contributed by atoms with E-state index < -0.39 is 12.8 Å². The third-order valence-electron chi connectivity index (χ3n) is 5.09. The summed E-state index contributed by atoms with van der Waals surface area (Å²) in [6, 6.07) is 26.6. The predicted molar refractivity (Wildman–Crippen MR) is 114 cm³/mol. The second kappa shape index (κ2) is 7.57. The second-order valence-corrected chi connectivity index (χ2v) is 9.92. The Morgan fingerprint density at radius 3 is 1.93 bits per heavy atom. The van der Waals surface area contributed by atoms with Gasteiger partial charge in [0.1, 0.15) is 5.66 Å². The smallest absolute Gasteiger partial charge is 0.251 e. The van der Waals surface area contributed by atoms with E-state index in [1.807, 2.05) is 91.9 Å². The Morgan fingerprint density at radius 1 is 0.857 bits per heavy atom. The normalized spacial score (nSPS) is 17.0. The van der Waals surface area contributed by atoms with Crippen LogP contribution in [0.25, 0.3) is 0 Å². The molecule has 1 N–H and O–H groups in total. The van der Waals surface area contributed by atoms with Crippen LogP contribution in [0.5, 0.6) is 0 Å². The molecule has 4 rings (SSSR count). The molecule has 0 aromatic heterocycles. The third-order valence-corrected chi connectivity index (χ3v) is 8.52. The lowest BCUT2D eigenvalue weighted by Crippen LogP contribution is -2.42. The van der Waals surface area contributed by atoms with Crippen LogP contribution >= 0.6 is 7.14 Å². The van der Waals surface area contributed by atoms with Gasteiger partial charge in [0.2, 0.25) is 0 Å². The van der Waals surface area contributed by atoms with Crippen molar-refractivity contribution >= 4 is 29.4 Å². The summed E-state index contributed by atoms with van der Waals surface area (Å²) < 4.78 is 14.5. The van der Waals surface area contributed by atoms with E-state index >= 15 is 0 Å². The SMILES string of the molecule is Cc1ccc(C2=NNC(=O)[C@H](P(=O)(c3ccccc3)c3ccccc3)C2)cc1. The predicted octanol–water partition coefficient (Wildman–Crippen LogP) is 3.60. The van der Waals surface area contributed by atoms with Crippen molar-refractivity contribution in [1.29, 1.82) is 0 Å². The molecule has 1 amide bonds. The molecule has 3 aromatic rings. The molecule has 0 saturated carbocycles. The molecule has 1 aliphatic heterocycles. The van der Waals surface area contributed by atoms with Gasteiger partial charge >= 0.3 is 0 Å². The summed E-state index contributed by atoms with van der Waals surface area (Å²) in [4.78, 5) is 12.8. The Hall–Kier alpha value is -2.97. The van der Waals surface area contributed by atoms with Gasteiger partial charge in [0.05, 0.1) is 5.71 Å². The summed E-state index contributed by atoms with van der Waals surface area (Å²) >= 11 is 0. The first-order valence-corrected chi connectivity index (χ1v) is 11.0. The number of hydrogen-bond acceptors (Lipinski definition) is 3. The van der Waals surface area contributed by atoms with Crippen LogP contribution in [-0.2, 0) is 9.36 Å². The van der Waals surface area contributed by atoms with Crippen LogP contribution in [0, 0.1) is 6.92 Å². The minimum Gasteiger partial charge on any atom is -0.313 e. The van der Waals surface area contributed by atoms with Crippen molar-refractivity contribution in [3.63, 3.8) is 0 Å². The molecule has 0 bridgehead atoms. The van der Waals surface area contributed by atoms with Crippen LogP contribution in [0.3, 0.4) is 0 Å². The lowest BCUT2D eigenvalue weighted by Gasteiger charge is -2.30. The Morgan fingerprint density at radius 2 is 1.39 bits per heavy atom. The lowest BCUT2D eigenvalue weighted by molar-refractivity contribution is -0.120. The number of rotatable bonds is 4. The maximum Gasteiger partial charge on any atom is 0.251 e.